The highest BCUT2D eigenvalue weighted by Gasteiger charge is 2.69. The molecule has 3 fully saturated rings. The summed E-state index contributed by atoms with van der Waals surface area (Å²) in [5, 5.41) is 15.0. The average Bonchev–Trinajstić information content (AvgIpc) is 3.25. The number of carbonyl (C=O) groups is 2. The topological polar surface area (TPSA) is 116 Å². The van der Waals surface area contributed by atoms with E-state index in [0.717, 1.165) is 31.3 Å². The zero-order chi connectivity index (χ0) is 18.5. The number of rotatable bonds is 2. The van der Waals surface area contributed by atoms with E-state index < -0.39 is 41.7 Å². The van der Waals surface area contributed by atoms with Gasteiger partial charge in [0.2, 0.25) is 0 Å². The lowest BCUT2D eigenvalue weighted by Gasteiger charge is -2.41. The predicted molar refractivity (Wildman–Crippen MR) is 86.4 cm³/mol. The molecular formula is C17H22N2O7. The van der Waals surface area contributed by atoms with Crippen LogP contribution in [0.2, 0.25) is 0 Å². The normalized spacial score (nSPS) is 38.3. The Morgan fingerprint density at radius 1 is 1.15 bits per heavy atom. The van der Waals surface area contributed by atoms with E-state index in [1.165, 1.54) is 26.2 Å². The third-order valence-corrected chi connectivity index (χ3v) is 5.82. The Hall–Kier alpha value is -1.97. The first-order valence-electron chi connectivity index (χ1n) is 8.80. The molecule has 2 N–H and O–H groups in total. The quantitative estimate of drug-likeness (QED) is 0.404. The summed E-state index contributed by atoms with van der Waals surface area (Å²) in [6, 6.07) is 0. The number of nitrogens with zero attached hydrogens (tertiary/aromatic N) is 1. The molecule has 2 heterocycles. The molecule has 1 saturated heterocycles. The Kier molecular flexibility index (Phi) is 4.25. The monoisotopic (exact) mass is 366 g/mol. The maximum atomic E-state index is 12.3. The van der Waals surface area contributed by atoms with Crippen LogP contribution < -0.4 is 5.43 Å². The number of nitrogens with one attached hydrogen (secondary N) is 1. The van der Waals surface area contributed by atoms with E-state index in [1.54, 1.807) is 0 Å². The number of hydrazone groups is 1. The van der Waals surface area contributed by atoms with Crippen LogP contribution in [-0.2, 0) is 28.8 Å². The summed E-state index contributed by atoms with van der Waals surface area (Å²) in [7, 11) is 2.44. The molecule has 2 saturated carbocycles. The second kappa shape index (κ2) is 6.33. The molecule has 0 amide bonds. The van der Waals surface area contributed by atoms with Crippen molar-refractivity contribution in [2.75, 3.05) is 14.2 Å². The second-order valence-electron chi connectivity index (χ2n) is 7.06. The van der Waals surface area contributed by atoms with Crippen molar-refractivity contribution < 1.29 is 33.9 Å². The van der Waals surface area contributed by atoms with Crippen LogP contribution >= 0.6 is 0 Å². The number of methoxy groups -OCH3 is 2. The Morgan fingerprint density at radius 3 is 2.50 bits per heavy atom. The Bertz CT molecular complexity index is 695. The zero-order valence-corrected chi connectivity index (χ0v) is 14.7. The van der Waals surface area contributed by atoms with Gasteiger partial charge in [-0.3, -0.25) is 5.43 Å². The SMILES string of the molecule is COC(=O)C1=NNC(O)(C(=O)OC)[C@H]2C3OOC(C3=C3CCCCC3)[C@@H]12. The van der Waals surface area contributed by atoms with Gasteiger partial charge in [-0.05, 0) is 31.3 Å². The smallest absolute Gasteiger partial charge is 0.361 e. The van der Waals surface area contributed by atoms with E-state index >= 15 is 0 Å². The van der Waals surface area contributed by atoms with Gasteiger partial charge in [-0.25, -0.2) is 19.4 Å². The molecule has 0 aromatic rings. The highest BCUT2D eigenvalue weighted by molar-refractivity contribution is 6.38. The minimum atomic E-state index is -2.11. The van der Waals surface area contributed by atoms with Crippen LogP contribution in [0, 0.1) is 11.8 Å². The number of fused-ring (bicyclic) bond motifs is 5. The van der Waals surface area contributed by atoms with Crippen LogP contribution in [0.5, 0.6) is 0 Å². The first kappa shape index (κ1) is 17.4. The van der Waals surface area contributed by atoms with Gasteiger partial charge in [0.25, 0.3) is 5.72 Å². The minimum absolute atomic E-state index is 0.0794. The van der Waals surface area contributed by atoms with E-state index in [-0.39, 0.29) is 5.71 Å². The molecule has 0 radical (unpaired) electrons. The summed E-state index contributed by atoms with van der Waals surface area (Å²) in [6.45, 7) is 0. The second-order valence-corrected chi connectivity index (χ2v) is 7.06. The predicted octanol–water partition coefficient (Wildman–Crippen LogP) is 0.186. The van der Waals surface area contributed by atoms with Crippen LogP contribution in [-0.4, -0.2) is 54.9 Å². The number of carbonyl (C=O) groups excluding carboxylic acids is 2. The molecule has 2 aliphatic carbocycles. The summed E-state index contributed by atoms with van der Waals surface area (Å²) < 4.78 is 9.58. The van der Waals surface area contributed by atoms with Gasteiger partial charge in [0.05, 0.1) is 26.1 Å². The molecule has 142 valence electrons. The van der Waals surface area contributed by atoms with Gasteiger partial charge in [0.1, 0.15) is 12.2 Å². The van der Waals surface area contributed by atoms with Crippen LogP contribution in [0.4, 0.5) is 0 Å². The number of esters is 2. The summed E-state index contributed by atoms with van der Waals surface area (Å²) >= 11 is 0. The fraction of sp³-hybridized carbons (Fsp3) is 0.706. The molecule has 5 atom stereocenters. The Morgan fingerprint density at radius 2 is 1.85 bits per heavy atom. The van der Waals surface area contributed by atoms with Crippen LogP contribution in [0.3, 0.4) is 0 Å². The van der Waals surface area contributed by atoms with Crippen LogP contribution in [0.25, 0.3) is 0 Å². The van der Waals surface area contributed by atoms with Crippen molar-refractivity contribution in [1.29, 1.82) is 0 Å². The van der Waals surface area contributed by atoms with E-state index in [4.69, 9.17) is 19.2 Å². The molecule has 3 unspecified atom stereocenters. The third kappa shape index (κ3) is 2.30. The number of aliphatic hydroxyl groups is 1. The lowest BCUT2D eigenvalue weighted by Crippen LogP contribution is -2.66. The molecule has 4 rings (SSSR count). The lowest BCUT2D eigenvalue weighted by atomic mass is 9.79. The van der Waals surface area contributed by atoms with Crippen LogP contribution in [0.1, 0.15) is 32.1 Å². The fourth-order valence-electron chi connectivity index (χ4n) is 4.65. The molecule has 2 bridgehead atoms. The van der Waals surface area contributed by atoms with Gasteiger partial charge in [-0.2, -0.15) is 5.10 Å². The molecule has 26 heavy (non-hydrogen) atoms. The summed E-state index contributed by atoms with van der Waals surface area (Å²) in [5.41, 5.74) is 2.51. The van der Waals surface area contributed by atoms with Crippen molar-refractivity contribution in [2.24, 2.45) is 16.9 Å². The largest absolute Gasteiger partial charge is 0.465 e. The Balaban J connectivity index is 1.82. The minimum Gasteiger partial charge on any atom is -0.465 e. The van der Waals surface area contributed by atoms with Crippen molar-refractivity contribution in [3.8, 4) is 0 Å². The van der Waals surface area contributed by atoms with Gasteiger partial charge in [0, 0.05) is 0 Å². The molecule has 9 heteroatoms. The highest BCUT2D eigenvalue weighted by Crippen LogP contribution is 2.54. The van der Waals surface area contributed by atoms with Crippen molar-refractivity contribution in [2.45, 2.75) is 50.0 Å². The molecule has 0 aromatic heterocycles. The Labute approximate surface area is 150 Å². The van der Waals surface area contributed by atoms with Gasteiger partial charge >= 0.3 is 11.9 Å². The van der Waals surface area contributed by atoms with Crippen molar-refractivity contribution >= 4 is 17.7 Å². The third-order valence-electron chi connectivity index (χ3n) is 5.82. The van der Waals surface area contributed by atoms with Crippen LogP contribution in [0.15, 0.2) is 16.2 Å². The van der Waals surface area contributed by atoms with E-state index in [9.17, 15) is 14.7 Å². The fourth-order valence-corrected chi connectivity index (χ4v) is 4.65. The van der Waals surface area contributed by atoms with Gasteiger partial charge < -0.3 is 14.6 Å². The van der Waals surface area contributed by atoms with E-state index in [2.05, 4.69) is 10.5 Å². The van der Waals surface area contributed by atoms with Gasteiger partial charge in [0.15, 0.2) is 5.71 Å². The highest BCUT2D eigenvalue weighted by atomic mass is 17.2. The first-order chi connectivity index (χ1) is 12.5. The molecule has 4 aliphatic rings. The molecule has 0 aromatic carbocycles. The number of ether oxygens (including phenoxy) is 2. The summed E-state index contributed by atoms with van der Waals surface area (Å²) in [6.07, 6.45) is 3.94. The van der Waals surface area contributed by atoms with E-state index in [0.29, 0.717) is 0 Å². The number of hydrogen-bond acceptors (Lipinski definition) is 9. The van der Waals surface area contributed by atoms with Gasteiger partial charge in [-0.1, -0.05) is 12.0 Å². The maximum Gasteiger partial charge on any atom is 0.361 e. The maximum absolute atomic E-state index is 12.3. The first-order valence-corrected chi connectivity index (χ1v) is 8.80. The molecule has 2 aliphatic heterocycles. The van der Waals surface area contributed by atoms with Crippen molar-refractivity contribution in [3.63, 3.8) is 0 Å². The number of allylic oxidation sites excluding steroid dienone is 1. The lowest BCUT2D eigenvalue weighted by molar-refractivity contribution is -0.348. The average molecular weight is 366 g/mol. The molecule has 9 nitrogen and oxygen atoms in total. The molecular weight excluding hydrogens is 344 g/mol. The zero-order valence-electron chi connectivity index (χ0n) is 14.7. The van der Waals surface area contributed by atoms with Gasteiger partial charge in [-0.15, -0.1) is 0 Å². The molecule has 0 spiro atoms. The van der Waals surface area contributed by atoms with Crippen molar-refractivity contribution in [3.05, 3.63) is 11.1 Å². The summed E-state index contributed by atoms with van der Waals surface area (Å²) in [5.74, 6) is -2.98. The number of hydrogen-bond donors (Lipinski definition) is 2. The standard InChI is InChI=1S/C17H22N2O7/c1-23-15(20)12-10-11(17(22,19-18-12)16(21)24-2)14-9(13(10)25-26-14)8-6-4-3-5-7-8/h10-11,13-14,19,22H,3-7H2,1-2H3/t10-,11-,13?,14?,17?/m1/s1. The van der Waals surface area contributed by atoms with Crippen molar-refractivity contribution in [1.82, 2.24) is 5.43 Å². The van der Waals surface area contributed by atoms with E-state index in [1.807, 2.05) is 0 Å². The summed E-state index contributed by atoms with van der Waals surface area (Å²) in [4.78, 5) is 35.5.